The molecule has 4 N–H and O–H groups in total. The number of para-hydroxylation sites is 2. The van der Waals surface area contributed by atoms with Crippen molar-refractivity contribution in [1.82, 2.24) is 20.5 Å². The predicted molar refractivity (Wildman–Crippen MR) is 183 cm³/mol. The summed E-state index contributed by atoms with van der Waals surface area (Å²) in [6.45, 7) is 3.65. The molecule has 0 bridgehead atoms. The Labute approximate surface area is 281 Å². The molecule has 250 valence electrons. The lowest BCUT2D eigenvalue weighted by Gasteiger charge is -2.37. The molecule has 2 aliphatic heterocycles. The summed E-state index contributed by atoms with van der Waals surface area (Å²) in [6, 6.07) is 13.2. The van der Waals surface area contributed by atoms with Gasteiger partial charge in [0.15, 0.2) is 0 Å². The van der Waals surface area contributed by atoms with Crippen LogP contribution in [0.1, 0.15) is 43.4 Å². The van der Waals surface area contributed by atoms with E-state index in [0.717, 1.165) is 34.0 Å². The van der Waals surface area contributed by atoms with Crippen LogP contribution in [0.3, 0.4) is 0 Å². The van der Waals surface area contributed by atoms with Crippen LogP contribution in [0, 0.1) is 0 Å². The molecule has 48 heavy (non-hydrogen) atoms. The van der Waals surface area contributed by atoms with Crippen LogP contribution in [0.25, 0.3) is 10.9 Å². The Balaban J connectivity index is 1.32. The summed E-state index contributed by atoms with van der Waals surface area (Å²) in [5.74, 6) is -1.59. The molecule has 2 aromatic heterocycles. The van der Waals surface area contributed by atoms with Gasteiger partial charge in [0.05, 0.1) is 17.9 Å². The molecule has 0 spiro atoms. The summed E-state index contributed by atoms with van der Waals surface area (Å²) in [6.07, 6.45) is 1.99. The van der Waals surface area contributed by atoms with Crippen molar-refractivity contribution in [2.24, 2.45) is 7.05 Å². The van der Waals surface area contributed by atoms with Crippen LogP contribution in [0.5, 0.6) is 0 Å². The van der Waals surface area contributed by atoms with Crippen molar-refractivity contribution in [1.29, 1.82) is 0 Å². The van der Waals surface area contributed by atoms with Crippen LogP contribution in [0.15, 0.2) is 65.5 Å². The van der Waals surface area contributed by atoms with Gasteiger partial charge in [0.25, 0.3) is 0 Å². The SMILES string of the molecule is Cn1cc(C[C@@H](NC(=O)C(C)(C)NC(=O)O)C(=O)NC2Cc3cccc(N4CCCC4=O)c3N(Cc3ccsc3)C2=O)c2ccccc21. The summed E-state index contributed by atoms with van der Waals surface area (Å²) < 4.78 is 1.93. The van der Waals surface area contributed by atoms with E-state index in [1.54, 1.807) is 9.80 Å². The minimum absolute atomic E-state index is 0.00842. The van der Waals surface area contributed by atoms with E-state index in [-0.39, 0.29) is 31.2 Å². The third-order valence-corrected chi connectivity index (χ3v) is 9.70. The van der Waals surface area contributed by atoms with Crippen LogP contribution in [0.2, 0.25) is 0 Å². The van der Waals surface area contributed by atoms with Gasteiger partial charge in [-0.25, -0.2) is 4.79 Å². The van der Waals surface area contributed by atoms with Crippen molar-refractivity contribution in [3.63, 3.8) is 0 Å². The molecule has 0 radical (unpaired) electrons. The molecular weight excluding hydrogens is 632 g/mol. The Morgan fingerprint density at radius 1 is 1.08 bits per heavy atom. The highest BCUT2D eigenvalue weighted by Crippen LogP contribution is 2.40. The van der Waals surface area contributed by atoms with Gasteiger partial charge < -0.3 is 35.4 Å². The van der Waals surface area contributed by atoms with Gasteiger partial charge >= 0.3 is 6.09 Å². The van der Waals surface area contributed by atoms with Gasteiger partial charge in [-0.1, -0.05) is 30.3 Å². The molecule has 4 heterocycles. The monoisotopic (exact) mass is 670 g/mol. The number of thiophene rings is 1. The van der Waals surface area contributed by atoms with Gasteiger partial charge in [0, 0.05) is 50.0 Å². The molecular formula is C35H38N6O6S. The maximum absolute atomic E-state index is 14.3. The minimum Gasteiger partial charge on any atom is -0.465 e. The van der Waals surface area contributed by atoms with E-state index in [1.165, 1.54) is 25.2 Å². The molecule has 2 atom stereocenters. The number of hydrogen-bond acceptors (Lipinski definition) is 6. The van der Waals surface area contributed by atoms with Gasteiger partial charge in [-0.2, -0.15) is 11.3 Å². The second-order valence-corrected chi connectivity index (χ2v) is 13.6. The quantitative estimate of drug-likeness (QED) is 0.202. The van der Waals surface area contributed by atoms with Crippen LogP contribution in [-0.2, 0) is 45.6 Å². The first-order valence-electron chi connectivity index (χ1n) is 15.8. The number of carboxylic acid groups (broad SMARTS) is 1. The summed E-state index contributed by atoms with van der Waals surface area (Å²) >= 11 is 1.51. The number of aromatic nitrogens is 1. The third-order valence-electron chi connectivity index (χ3n) is 8.97. The lowest BCUT2D eigenvalue weighted by Crippen LogP contribution is -2.61. The number of nitrogens with one attached hydrogen (secondary N) is 3. The topological polar surface area (TPSA) is 153 Å². The van der Waals surface area contributed by atoms with Gasteiger partial charge in [-0.05, 0) is 65.9 Å². The van der Waals surface area contributed by atoms with Crippen LogP contribution in [0.4, 0.5) is 16.2 Å². The number of anilines is 2. The maximum atomic E-state index is 14.3. The molecule has 6 rings (SSSR count). The average molecular weight is 671 g/mol. The Morgan fingerprint density at radius 3 is 2.58 bits per heavy atom. The standard InChI is InChI=1S/C35H38N6O6S/c1-35(2,38-34(46)47)33(45)37-25(17-23-19-39(3)27-10-5-4-9-24(23)27)31(43)36-26-16-22-8-6-11-28(40-14-7-12-29(40)42)30(22)41(32(26)44)18-21-13-15-48-20-21/h4-6,8-11,13,15,19-20,25-26,38H,7,12,14,16-18H2,1-3H3,(H,36,43)(H,37,45)(H,46,47)/t25-,26?/m1/s1. The highest BCUT2D eigenvalue weighted by molar-refractivity contribution is 7.07. The van der Waals surface area contributed by atoms with E-state index < -0.39 is 35.5 Å². The van der Waals surface area contributed by atoms with E-state index in [0.29, 0.717) is 24.3 Å². The lowest BCUT2D eigenvalue weighted by molar-refractivity contribution is -0.133. The zero-order valence-electron chi connectivity index (χ0n) is 27.0. The van der Waals surface area contributed by atoms with E-state index in [9.17, 15) is 29.1 Å². The minimum atomic E-state index is -1.54. The normalized spacial score (nSPS) is 16.9. The van der Waals surface area contributed by atoms with Crippen molar-refractivity contribution in [3.05, 3.63) is 82.2 Å². The fraction of sp³-hybridized carbons (Fsp3) is 0.343. The second-order valence-electron chi connectivity index (χ2n) is 12.8. The van der Waals surface area contributed by atoms with Crippen LogP contribution >= 0.6 is 11.3 Å². The van der Waals surface area contributed by atoms with E-state index in [4.69, 9.17) is 0 Å². The molecule has 1 fully saturated rings. The Bertz CT molecular complexity index is 1900. The first-order valence-corrected chi connectivity index (χ1v) is 16.8. The van der Waals surface area contributed by atoms with Gasteiger partial charge in [0.1, 0.15) is 17.6 Å². The number of rotatable bonds is 10. The van der Waals surface area contributed by atoms with Crippen molar-refractivity contribution < 1.29 is 29.1 Å². The zero-order chi connectivity index (χ0) is 34.2. The molecule has 0 aliphatic carbocycles. The molecule has 4 aromatic rings. The fourth-order valence-electron chi connectivity index (χ4n) is 6.57. The summed E-state index contributed by atoms with van der Waals surface area (Å²) in [5, 5.41) is 22.0. The van der Waals surface area contributed by atoms with Crippen molar-refractivity contribution in [3.8, 4) is 0 Å². The second kappa shape index (κ2) is 13.1. The lowest BCUT2D eigenvalue weighted by atomic mass is 9.94. The molecule has 1 saturated heterocycles. The van der Waals surface area contributed by atoms with Gasteiger partial charge in [0.2, 0.25) is 23.6 Å². The van der Waals surface area contributed by atoms with Gasteiger partial charge in [-0.15, -0.1) is 0 Å². The molecule has 12 nitrogen and oxygen atoms in total. The molecule has 2 aromatic carbocycles. The summed E-state index contributed by atoms with van der Waals surface area (Å²) in [7, 11) is 1.89. The zero-order valence-corrected chi connectivity index (χ0v) is 27.8. The number of hydrogen-bond donors (Lipinski definition) is 4. The highest BCUT2D eigenvalue weighted by Gasteiger charge is 2.40. The van der Waals surface area contributed by atoms with Crippen LogP contribution < -0.4 is 25.8 Å². The van der Waals surface area contributed by atoms with E-state index in [2.05, 4.69) is 16.0 Å². The third kappa shape index (κ3) is 6.50. The van der Waals surface area contributed by atoms with E-state index >= 15 is 0 Å². The maximum Gasteiger partial charge on any atom is 0.405 e. The van der Waals surface area contributed by atoms with Crippen molar-refractivity contribution in [2.45, 2.75) is 63.7 Å². The number of nitrogens with zero attached hydrogens (tertiary/aromatic N) is 3. The first kappa shape index (κ1) is 32.8. The summed E-state index contributed by atoms with van der Waals surface area (Å²) in [5.41, 5.74) is 3.29. The molecule has 13 heteroatoms. The van der Waals surface area contributed by atoms with Crippen molar-refractivity contribution in [2.75, 3.05) is 16.3 Å². The smallest absolute Gasteiger partial charge is 0.405 e. The Morgan fingerprint density at radius 2 is 1.88 bits per heavy atom. The van der Waals surface area contributed by atoms with Crippen molar-refractivity contribution >= 4 is 63.3 Å². The number of benzene rings is 2. The average Bonchev–Trinajstić information content (AvgIpc) is 3.79. The number of amides is 5. The number of fused-ring (bicyclic) bond motifs is 2. The first-order chi connectivity index (χ1) is 22.9. The molecule has 5 amide bonds. The largest absolute Gasteiger partial charge is 0.465 e. The highest BCUT2D eigenvalue weighted by atomic mass is 32.1. The van der Waals surface area contributed by atoms with E-state index in [1.807, 2.05) is 77.1 Å². The Kier molecular flexibility index (Phi) is 8.97. The Hall–Kier alpha value is -5.17. The predicted octanol–water partition coefficient (Wildman–Crippen LogP) is 3.71. The molecule has 0 saturated carbocycles. The van der Waals surface area contributed by atoms with Gasteiger partial charge in [-0.3, -0.25) is 19.2 Å². The summed E-state index contributed by atoms with van der Waals surface area (Å²) in [4.78, 5) is 69.4. The molecule has 2 aliphatic rings. The fourth-order valence-corrected chi connectivity index (χ4v) is 7.23. The number of carbonyl (C=O) groups excluding carboxylic acids is 4. The number of carbonyl (C=O) groups is 5. The molecule has 1 unspecified atom stereocenters. The van der Waals surface area contributed by atoms with Crippen LogP contribution in [-0.4, -0.2) is 63.6 Å². The number of aryl methyl sites for hydroxylation is 1.